The molecule has 0 unspecified atom stereocenters. The summed E-state index contributed by atoms with van der Waals surface area (Å²) in [6, 6.07) is 3.70. The Bertz CT molecular complexity index is 672. The van der Waals surface area contributed by atoms with E-state index in [9.17, 15) is 4.79 Å². The molecule has 0 fully saturated rings. The third-order valence-electron chi connectivity index (χ3n) is 2.27. The minimum Gasteiger partial charge on any atom is -0.476 e. The third kappa shape index (κ3) is 2.60. The van der Waals surface area contributed by atoms with E-state index < -0.39 is 14.0 Å². The van der Waals surface area contributed by atoms with Gasteiger partial charge >= 0.3 is 5.97 Å². The normalized spacial score (nSPS) is 11.1. The van der Waals surface area contributed by atoms with E-state index in [4.69, 9.17) is 5.11 Å². The number of fused-ring (bicyclic) bond motifs is 1. The molecule has 0 aliphatic carbocycles. The van der Waals surface area contributed by atoms with Gasteiger partial charge in [0.15, 0.2) is 11.3 Å². The molecule has 0 saturated carbocycles. The molecule has 1 N–H and O–H groups in total. The molecule has 5 heteroatoms. The molecule has 0 aliphatic rings. The van der Waals surface area contributed by atoms with Gasteiger partial charge in [0.1, 0.15) is 8.07 Å². The molecular weight excluding hydrogens is 244 g/mol. The van der Waals surface area contributed by atoms with Crippen LogP contribution in [0.25, 0.3) is 5.65 Å². The van der Waals surface area contributed by atoms with Crippen LogP contribution < -0.4 is 0 Å². The van der Waals surface area contributed by atoms with E-state index in [-0.39, 0.29) is 5.69 Å². The highest BCUT2D eigenvalue weighted by molar-refractivity contribution is 6.83. The third-order valence-corrected chi connectivity index (χ3v) is 3.15. The average molecular weight is 258 g/mol. The first-order valence-electron chi connectivity index (χ1n) is 5.61. The van der Waals surface area contributed by atoms with Gasteiger partial charge in [-0.1, -0.05) is 25.6 Å². The van der Waals surface area contributed by atoms with Crippen LogP contribution in [-0.4, -0.2) is 28.5 Å². The van der Waals surface area contributed by atoms with Crippen molar-refractivity contribution in [3.8, 4) is 11.5 Å². The average Bonchev–Trinajstić information content (AvgIpc) is 2.69. The van der Waals surface area contributed by atoms with Gasteiger partial charge in [-0.15, -0.1) is 5.54 Å². The number of aromatic carboxylic acids is 1. The Morgan fingerprint density at radius 2 is 2.17 bits per heavy atom. The van der Waals surface area contributed by atoms with Crippen molar-refractivity contribution < 1.29 is 9.90 Å². The molecule has 0 aliphatic heterocycles. The lowest BCUT2D eigenvalue weighted by atomic mass is 10.3. The summed E-state index contributed by atoms with van der Waals surface area (Å²) in [5.74, 6) is 2.09. The summed E-state index contributed by atoms with van der Waals surface area (Å²) in [6.07, 6.45) is 3.27. The highest BCUT2D eigenvalue weighted by Gasteiger charge is 2.11. The molecule has 4 nitrogen and oxygen atoms in total. The molecule has 18 heavy (non-hydrogen) atoms. The van der Waals surface area contributed by atoms with E-state index in [1.807, 2.05) is 12.1 Å². The van der Waals surface area contributed by atoms with Crippen LogP contribution in [0.1, 0.15) is 16.1 Å². The van der Waals surface area contributed by atoms with Gasteiger partial charge in [0.05, 0.1) is 5.56 Å². The van der Waals surface area contributed by atoms with E-state index in [2.05, 4.69) is 36.1 Å². The first-order valence-corrected chi connectivity index (χ1v) is 9.11. The highest BCUT2D eigenvalue weighted by atomic mass is 28.3. The van der Waals surface area contributed by atoms with Crippen LogP contribution in [0.3, 0.4) is 0 Å². The second-order valence-corrected chi connectivity index (χ2v) is 9.83. The zero-order valence-electron chi connectivity index (χ0n) is 10.6. The topological polar surface area (TPSA) is 54.6 Å². The summed E-state index contributed by atoms with van der Waals surface area (Å²) in [6.45, 7) is 6.48. The Kier molecular flexibility index (Phi) is 2.97. The molecule has 0 saturated heterocycles. The maximum absolute atomic E-state index is 10.9. The Hall–Kier alpha value is -2.06. The fraction of sp³-hybridized carbons (Fsp3) is 0.231. The lowest BCUT2D eigenvalue weighted by Gasteiger charge is -2.03. The van der Waals surface area contributed by atoms with Crippen LogP contribution in [0.15, 0.2) is 24.5 Å². The Morgan fingerprint density at radius 1 is 1.44 bits per heavy atom. The highest BCUT2D eigenvalue weighted by Crippen LogP contribution is 2.11. The van der Waals surface area contributed by atoms with Gasteiger partial charge in [-0.2, -0.15) is 0 Å². The van der Waals surface area contributed by atoms with Crippen LogP contribution in [0.5, 0.6) is 0 Å². The summed E-state index contributed by atoms with van der Waals surface area (Å²) in [5.41, 5.74) is 4.66. The van der Waals surface area contributed by atoms with Crippen LogP contribution in [-0.2, 0) is 0 Å². The summed E-state index contributed by atoms with van der Waals surface area (Å²) >= 11 is 0. The van der Waals surface area contributed by atoms with Gasteiger partial charge in [-0.25, -0.2) is 9.78 Å². The summed E-state index contributed by atoms with van der Waals surface area (Å²) in [7, 11) is -1.46. The van der Waals surface area contributed by atoms with Crippen molar-refractivity contribution in [1.82, 2.24) is 9.38 Å². The van der Waals surface area contributed by atoms with E-state index >= 15 is 0 Å². The first-order chi connectivity index (χ1) is 8.37. The zero-order valence-corrected chi connectivity index (χ0v) is 11.6. The molecule has 92 valence electrons. The Balaban J connectivity index is 2.57. The first kappa shape index (κ1) is 12.4. The lowest BCUT2D eigenvalue weighted by molar-refractivity contribution is 0.0691. The molecule has 0 bridgehead atoms. The molecule has 0 atom stereocenters. The van der Waals surface area contributed by atoms with Crippen molar-refractivity contribution >= 4 is 19.7 Å². The number of imidazole rings is 1. The molecule has 0 aromatic carbocycles. The summed E-state index contributed by atoms with van der Waals surface area (Å²) in [5, 5.41) is 8.93. The fourth-order valence-electron chi connectivity index (χ4n) is 1.47. The van der Waals surface area contributed by atoms with Gasteiger partial charge in [-0.05, 0) is 12.1 Å². The number of carboxylic acid groups (broad SMARTS) is 1. The summed E-state index contributed by atoms with van der Waals surface area (Å²) < 4.78 is 1.69. The van der Waals surface area contributed by atoms with Crippen molar-refractivity contribution in [2.45, 2.75) is 19.6 Å². The molecule has 0 spiro atoms. The molecule has 0 amide bonds. The van der Waals surface area contributed by atoms with Crippen LogP contribution in [0.2, 0.25) is 19.6 Å². The summed E-state index contributed by atoms with van der Waals surface area (Å²) in [4.78, 5) is 15.0. The molecule has 0 radical (unpaired) electrons. The van der Waals surface area contributed by atoms with Crippen molar-refractivity contribution in [2.75, 3.05) is 0 Å². The van der Waals surface area contributed by atoms with Gasteiger partial charge < -0.3 is 9.51 Å². The number of pyridine rings is 1. The molecule has 2 rings (SSSR count). The number of hydrogen-bond donors (Lipinski definition) is 1. The van der Waals surface area contributed by atoms with Crippen molar-refractivity contribution in [3.05, 3.63) is 35.8 Å². The second kappa shape index (κ2) is 4.31. The van der Waals surface area contributed by atoms with Crippen LogP contribution in [0, 0.1) is 11.5 Å². The predicted octanol–water partition coefficient (Wildman–Crippen LogP) is 2.26. The quantitative estimate of drug-likeness (QED) is 0.630. The van der Waals surface area contributed by atoms with Gasteiger partial charge in [-0.3, -0.25) is 0 Å². The number of carbonyl (C=O) groups is 1. The van der Waals surface area contributed by atoms with E-state index in [1.165, 1.54) is 6.20 Å². The van der Waals surface area contributed by atoms with Crippen LogP contribution in [0.4, 0.5) is 0 Å². The molecular formula is C13H14N2O2Si. The molecule has 2 heterocycles. The number of hydrogen-bond acceptors (Lipinski definition) is 2. The van der Waals surface area contributed by atoms with E-state index in [1.54, 1.807) is 10.6 Å². The van der Waals surface area contributed by atoms with Gasteiger partial charge in [0.2, 0.25) is 0 Å². The van der Waals surface area contributed by atoms with Gasteiger partial charge in [0, 0.05) is 12.4 Å². The predicted molar refractivity (Wildman–Crippen MR) is 72.4 cm³/mol. The number of carboxylic acids is 1. The smallest absolute Gasteiger partial charge is 0.356 e. The Morgan fingerprint density at radius 3 is 2.78 bits per heavy atom. The minimum absolute atomic E-state index is 0.0391. The SMILES string of the molecule is C[Si](C)(C)C#Cc1cccn2cc(C(=O)O)nc12. The standard InChI is InChI=1S/C13H14N2O2Si/c1-18(2,3)8-6-10-5-4-7-15-9-11(13(16)17)14-12(10)15/h4-5,7,9H,1-3H3,(H,16,17). The van der Waals surface area contributed by atoms with E-state index in [0.29, 0.717) is 5.65 Å². The molecule has 2 aromatic heterocycles. The second-order valence-electron chi connectivity index (χ2n) is 5.08. The minimum atomic E-state index is -1.46. The molecule has 2 aromatic rings. The van der Waals surface area contributed by atoms with Crippen molar-refractivity contribution in [1.29, 1.82) is 0 Å². The lowest BCUT2D eigenvalue weighted by Crippen LogP contribution is -2.16. The number of nitrogens with zero attached hydrogens (tertiary/aromatic N) is 2. The zero-order chi connectivity index (χ0) is 13.3. The maximum atomic E-state index is 10.9. The van der Waals surface area contributed by atoms with Crippen molar-refractivity contribution in [3.63, 3.8) is 0 Å². The maximum Gasteiger partial charge on any atom is 0.356 e. The van der Waals surface area contributed by atoms with Gasteiger partial charge in [0.25, 0.3) is 0 Å². The largest absolute Gasteiger partial charge is 0.476 e. The number of rotatable bonds is 1. The van der Waals surface area contributed by atoms with Crippen LogP contribution >= 0.6 is 0 Å². The fourth-order valence-corrected chi connectivity index (χ4v) is 1.98. The Labute approximate surface area is 106 Å². The van der Waals surface area contributed by atoms with E-state index in [0.717, 1.165) is 5.56 Å². The monoisotopic (exact) mass is 258 g/mol. The van der Waals surface area contributed by atoms with Crippen molar-refractivity contribution in [2.24, 2.45) is 0 Å². The number of aromatic nitrogens is 2.